The van der Waals surface area contributed by atoms with Gasteiger partial charge in [0, 0.05) is 48.1 Å². The van der Waals surface area contributed by atoms with Crippen molar-refractivity contribution in [3.8, 4) is 0 Å². The molecule has 3 aliphatic heterocycles. The molecule has 5 rings (SSSR count). The number of amides is 2. The fraction of sp³-hybridized carbons (Fsp3) is 0.474. The number of fused-ring (bicyclic) bond motifs is 3. The third-order valence-corrected chi connectivity index (χ3v) is 5.73. The maximum absolute atomic E-state index is 12.6. The van der Waals surface area contributed by atoms with E-state index in [0.717, 1.165) is 24.6 Å². The molecule has 0 saturated carbocycles. The zero-order chi connectivity index (χ0) is 17.0. The molecule has 25 heavy (non-hydrogen) atoms. The fourth-order valence-electron chi connectivity index (χ4n) is 4.41. The van der Waals surface area contributed by atoms with Gasteiger partial charge in [-0.1, -0.05) is 6.07 Å². The molecule has 0 radical (unpaired) electrons. The van der Waals surface area contributed by atoms with Crippen LogP contribution >= 0.6 is 0 Å². The zero-order valence-electron chi connectivity index (χ0n) is 14.0. The van der Waals surface area contributed by atoms with Crippen LogP contribution in [0.15, 0.2) is 28.7 Å². The number of benzene rings is 1. The first-order chi connectivity index (χ1) is 12.2. The van der Waals surface area contributed by atoms with Crippen molar-refractivity contribution in [3.63, 3.8) is 0 Å². The molecule has 0 spiro atoms. The number of furan rings is 1. The van der Waals surface area contributed by atoms with E-state index in [1.54, 1.807) is 11.0 Å². The molecule has 3 fully saturated rings. The summed E-state index contributed by atoms with van der Waals surface area (Å²) in [6.45, 7) is 0.698. The van der Waals surface area contributed by atoms with Gasteiger partial charge in [-0.05, 0) is 37.8 Å². The van der Waals surface area contributed by atoms with Gasteiger partial charge in [0.25, 0.3) is 5.91 Å². The first-order valence-corrected chi connectivity index (χ1v) is 9.08. The third-order valence-electron chi connectivity index (χ3n) is 5.73. The Morgan fingerprint density at radius 1 is 1.28 bits per heavy atom. The van der Waals surface area contributed by atoms with Crippen LogP contribution in [0, 0.1) is 0 Å². The highest BCUT2D eigenvalue weighted by Crippen LogP contribution is 2.31. The Morgan fingerprint density at radius 2 is 2.20 bits per heavy atom. The van der Waals surface area contributed by atoms with Crippen LogP contribution in [0.5, 0.6) is 0 Å². The van der Waals surface area contributed by atoms with Crippen molar-refractivity contribution in [1.82, 2.24) is 10.6 Å². The molecule has 2 amide bonds. The summed E-state index contributed by atoms with van der Waals surface area (Å²) < 4.78 is 5.85. The Morgan fingerprint density at radius 3 is 2.92 bits per heavy atom. The molecule has 3 aliphatic rings. The predicted molar refractivity (Wildman–Crippen MR) is 93.6 cm³/mol. The normalized spacial score (nSPS) is 28.2. The Kier molecular flexibility index (Phi) is 3.35. The van der Waals surface area contributed by atoms with Gasteiger partial charge in [-0.2, -0.15) is 0 Å². The SMILES string of the molecule is O=C(N[C@@H]1C[C@H]2CC[C@@H]1N2)c1ccc2cc(N3CCCC3=O)oc2c1. The van der Waals surface area contributed by atoms with Crippen LogP contribution in [0.3, 0.4) is 0 Å². The summed E-state index contributed by atoms with van der Waals surface area (Å²) in [5.41, 5.74) is 1.25. The molecule has 4 heterocycles. The van der Waals surface area contributed by atoms with Crippen LogP contribution < -0.4 is 15.5 Å². The average Bonchev–Trinajstić information content (AvgIpc) is 3.37. The predicted octanol–water partition coefficient (Wildman–Crippen LogP) is 2.18. The maximum Gasteiger partial charge on any atom is 0.251 e. The zero-order valence-corrected chi connectivity index (χ0v) is 14.0. The third kappa shape index (κ3) is 2.52. The van der Waals surface area contributed by atoms with E-state index in [2.05, 4.69) is 10.6 Å². The van der Waals surface area contributed by atoms with Gasteiger partial charge >= 0.3 is 0 Å². The summed E-state index contributed by atoms with van der Waals surface area (Å²) in [6, 6.07) is 8.55. The first kappa shape index (κ1) is 15.0. The van der Waals surface area contributed by atoms with Gasteiger partial charge in [0.05, 0.1) is 0 Å². The molecule has 1 aromatic heterocycles. The summed E-state index contributed by atoms with van der Waals surface area (Å²) in [4.78, 5) is 26.2. The average molecular weight is 339 g/mol. The molecule has 0 aliphatic carbocycles. The van der Waals surface area contributed by atoms with Crippen LogP contribution in [-0.4, -0.2) is 36.5 Å². The number of nitrogens with one attached hydrogen (secondary N) is 2. The fourth-order valence-corrected chi connectivity index (χ4v) is 4.41. The highest BCUT2D eigenvalue weighted by atomic mass is 16.4. The Labute approximate surface area is 145 Å². The Balaban J connectivity index is 1.36. The number of carbonyl (C=O) groups excluding carboxylic acids is 2. The number of rotatable bonds is 3. The highest BCUT2D eigenvalue weighted by Gasteiger charge is 2.39. The monoisotopic (exact) mass is 339 g/mol. The van der Waals surface area contributed by atoms with Crippen molar-refractivity contribution < 1.29 is 14.0 Å². The summed E-state index contributed by atoms with van der Waals surface area (Å²) in [5.74, 6) is 0.615. The van der Waals surface area contributed by atoms with Crippen LogP contribution in [-0.2, 0) is 4.79 Å². The molecule has 2 aromatic rings. The second-order valence-electron chi connectivity index (χ2n) is 7.35. The van der Waals surface area contributed by atoms with E-state index >= 15 is 0 Å². The van der Waals surface area contributed by atoms with Crippen molar-refractivity contribution in [2.45, 2.75) is 50.2 Å². The Hall–Kier alpha value is -2.34. The van der Waals surface area contributed by atoms with Gasteiger partial charge in [0.15, 0.2) is 0 Å². The van der Waals surface area contributed by atoms with E-state index in [0.29, 0.717) is 42.1 Å². The van der Waals surface area contributed by atoms with Crippen LogP contribution in [0.1, 0.15) is 42.5 Å². The maximum atomic E-state index is 12.6. The standard InChI is InChI=1S/C19H21N3O3/c23-17-2-1-7-22(17)18-9-11-3-4-12(8-16(11)25-18)19(24)21-15-10-13-5-6-14(15)20-13/h3-4,8-9,13-15,20H,1-2,5-7,10H2,(H,21,24)/t13-,14+,15-/m1/s1. The number of nitrogens with zero attached hydrogens (tertiary/aromatic N) is 1. The molecule has 2 bridgehead atoms. The van der Waals surface area contributed by atoms with E-state index in [1.807, 2.05) is 18.2 Å². The number of hydrogen-bond donors (Lipinski definition) is 2. The first-order valence-electron chi connectivity index (χ1n) is 9.08. The quantitative estimate of drug-likeness (QED) is 0.899. The topological polar surface area (TPSA) is 74.6 Å². The van der Waals surface area contributed by atoms with Crippen molar-refractivity contribution in [3.05, 3.63) is 29.8 Å². The lowest BCUT2D eigenvalue weighted by Gasteiger charge is -2.21. The molecule has 130 valence electrons. The minimum atomic E-state index is -0.0588. The second kappa shape index (κ2) is 5.59. The van der Waals surface area contributed by atoms with Gasteiger partial charge in [0.2, 0.25) is 11.8 Å². The van der Waals surface area contributed by atoms with Crippen molar-refractivity contribution in [2.75, 3.05) is 11.4 Å². The van der Waals surface area contributed by atoms with Gasteiger partial charge in [-0.15, -0.1) is 0 Å². The van der Waals surface area contributed by atoms with Gasteiger partial charge in [0.1, 0.15) is 5.58 Å². The molecule has 0 unspecified atom stereocenters. The molecule has 2 N–H and O–H groups in total. The van der Waals surface area contributed by atoms with Crippen molar-refractivity contribution in [2.24, 2.45) is 0 Å². The molecule has 3 atom stereocenters. The number of hydrogen-bond acceptors (Lipinski definition) is 4. The minimum absolute atomic E-state index is 0.0588. The van der Waals surface area contributed by atoms with Gasteiger partial charge in [-0.3, -0.25) is 14.5 Å². The van der Waals surface area contributed by atoms with Crippen LogP contribution in [0.25, 0.3) is 11.0 Å². The van der Waals surface area contributed by atoms with E-state index in [4.69, 9.17) is 4.42 Å². The van der Waals surface area contributed by atoms with Gasteiger partial charge < -0.3 is 15.1 Å². The van der Waals surface area contributed by atoms with Crippen molar-refractivity contribution in [1.29, 1.82) is 0 Å². The molecule has 1 aromatic carbocycles. The van der Waals surface area contributed by atoms with E-state index in [1.165, 1.54) is 6.42 Å². The lowest BCUT2D eigenvalue weighted by atomic mass is 9.95. The number of anilines is 1. The summed E-state index contributed by atoms with van der Waals surface area (Å²) >= 11 is 0. The molecular weight excluding hydrogens is 318 g/mol. The van der Waals surface area contributed by atoms with E-state index < -0.39 is 0 Å². The van der Waals surface area contributed by atoms with E-state index in [-0.39, 0.29) is 17.9 Å². The summed E-state index contributed by atoms with van der Waals surface area (Å²) in [6.07, 6.45) is 4.80. The van der Waals surface area contributed by atoms with E-state index in [9.17, 15) is 9.59 Å². The lowest BCUT2D eigenvalue weighted by Crippen LogP contribution is -2.42. The lowest BCUT2D eigenvalue weighted by molar-refractivity contribution is -0.117. The second-order valence-corrected chi connectivity index (χ2v) is 7.35. The smallest absolute Gasteiger partial charge is 0.251 e. The van der Waals surface area contributed by atoms with Crippen molar-refractivity contribution >= 4 is 28.7 Å². The number of carbonyl (C=O) groups is 2. The summed E-state index contributed by atoms with van der Waals surface area (Å²) in [7, 11) is 0. The Bertz CT molecular complexity index is 859. The van der Waals surface area contributed by atoms with Crippen LogP contribution in [0.4, 0.5) is 5.88 Å². The molecule has 3 saturated heterocycles. The molecule has 6 nitrogen and oxygen atoms in total. The summed E-state index contributed by atoms with van der Waals surface area (Å²) in [5, 5.41) is 7.60. The highest BCUT2D eigenvalue weighted by molar-refractivity contribution is 6.00. The molecular formula is C19H21N3O3. The van der Waals surface area contributed by atoms with Crippen LogP contribution in [0.2, 0.25) is 0 Å². The minimum Gasteiger partial charge on any atom is -0.440 e. The van der Waals surface area contributed by atoms with Gasteiger partial charge in [-0.25, -0.2) is 0 Å². The molecule has 6 heteroatoms. The largest absolute Gasteiger partial charge is 0.440 e.